The van der Waals surface area contributed by atoms with E-state index >= 15 is 0 Å². The fourth-order valence-corrected chi connectivity index (χ4v) is 5.01. The molecule has 7 heteroatoms. The molecule has 1 N–H and O–H groups in total. The Bertz CT molecular complexity index is 1040. The highest BCUT2D eigenvalue weighted by Crippen LogP contribution is 2.31. The first-order valence-electron chi connectivity index (χ1n) is 9.15. The summed E-state index contributed by atoms with van der Waals surface area (Å²) >= 11 is 0. The van der Waals surface area contributed by atoms with E-state index < -0.39 is 9.84 Å². The first kappa shape index (κ1) is 18.0. The molecule has 142 valence electrons. The molecule has 1 saturated heterocycles. The Balaban J connectivity index is 1.83. The number of hydrogen-bond donors (Lipinski definition) is 1. The van der Waals surface area contributed by atoms with E-state index in [1.807, 2.05) is 10.7 Å². The van der Waals surface area contributed by atoms with E-state index in [9.17, 15) is 8.42 Å². The molecule has 1 aromatic heterocycles. The summed E-state index contributed by atoms with van der Waals surface area (Å²) in [6, 6.07) is 13.9. The van der Waals surface area contributed by atoms with Gasteiger partial charge in [-0.1, -0.05) is 18.2 Å². The van der Waals surface area contributed by atoms with Gasteiger partial charge < -0.3 is 10.1 Å². The summed E-state index contributed by atoms with van der Waals surface area (Å²) in [5, 5.41) is 8.67. The molecule has 27 heavy (non-hydrogen) atoms. The maximum absolute atomic E-state index is 13.2. The number of hydrogen-bond acceptors (Lipinski definition) is 5. The minimum Gasteiger partial charge on any atom is -0.497 e. The number of nitrogens with zero attached hydrogens (tertiary/aromatic N) is 2. The van der Waals surface area contributed by atoms with Crippen molar-refractivity contribution in [2.45, 2.75) is 29.3 Å². The van der Waals surface area contributed by atoms with E-state index in [0.29, 0.717) is 23.6 Å². The third-order valence-corrected chi connectivity index (χ3v) is 6.83. The van der Waals surface area contributed by atoms with Crippen molar-refractivity contribution in [1.82, 2.24) is 15.1 Å². The van der Waals surface area contributed by atoms with Crippen LogP contribution >= 0.6 is 0 Å². The molecule has 0 aliphatic carbocycles. The molecule has 0 spiro atoms. The van der Waals surface area contributed by atoms with Crippen molar-refractivity contribution in [2.75, 3.05) is 20.2 Å². The summed E-state index contributed by atoms with van der Waals surface area (Å²) in [6.45, 7) is 2.68. The average molecular weight is 385 g/mol. The van der Waals surface area contributed by atoms with Crippen molar-refractivity contribution in [2.24, 2.45) is 5.92 Å². The van der Waals surface area contributed by atoms with Crippen LogP contribution < -0.4 is 10.1 Å². The zero-order chi connectivity index (χ0) is 18.9. The van der Waals surface area contributed by atoms with Gasteiger partial charge in [0, 0.05) is 18.0 Å². The number of fused-ring (bicyclic) bond motifs is 1. The van der Waals surface area contributed by atoms with Gasteiger partial charge in [-0.25, -0.2) is 8.42 Å². The number of ether oxygens (including phenoxy) is 1. The van der Waals surface area contributed by atoms with Gasteiger partial charge in [-0.15, -0.1) is 0 Å². The number of methoxy groups -OCH3 is 1. The molecule has 1 aliphatic heterocycles. The highest BCUT2D eigenvalue weighted by Gasteiger charge is 2.26. The number of piperidine rings is 1. The number of sulfone groups is 1. The van der Waals surface area contributed by atoms with Crippen LogP contribution in [0.4, 0.5) is 0 Å². The van der Waals surface area contributed by atoms with Crippen molar-refractivity contribution in [3.63, 3.8) is 0 Å². The summed E-state index contributed by atoms with van der Waals surface area (Å²) < 4.78 is 33.6. The van der Waals surface area contributed by atoms with Crippen molar-refractivity contribution >= 4 is 20.7 Å². The van der Waals surface area contributed by atoms with E-state index in [4.69, 9.17) is 4.74 Å². The topological polar surface area (TPSA) is 73.2 Å². The van der Waals surface area contributed by atoms with Gasteiger partial charge in [0.2, 0.25) is 9.84 Å². The molecule has 0 amide bonds. The molecule has 0 radical (unpaired) electrons. The van der Waals surface area contributed by atoms with Gasteiger partial charge in [0.1, 0.15) is 5.75 Å². The second-order valence-corrected chi connectivity index (χ2v) is 8.75. The molecule has 1 aliphatic rings. The predicted molar refractivity (Wildman–Crippen MR) is 104 cm³/mol. The van der Waals surface area contributed by atoms with E-state index in [1.165, 1.54) is 0 Å². The molecule has 4 rings (SSSR count). The van der Waals surface area contributed by atoms with Gasteiger partial charge >= 0.3 is 0 Å². The summed E-state index contributed by atoms with van der Waals surface area (Å²) in [7, 11) is -2.08. The van der Waals surface area contributed by atoms with Crippen LogP contribution in [0.15, 0.2) is 58.5 Å². The van der Waals surface area contributed by atoms with E-state index in [1.54, 1.807) is 49.6 Å². The van der Waals surface area contributed by atoms with Crippen LogP contribution in [0.1, 0.15) is 12.8 Å². The monoisotopic (exact) mass is 385 g/mol. The summed E-state index contributed by atoms with van der Waals surface area (Å²) in [5.74, 6) is 1.17. The summed E-state index contributed by atoms with van der Waals surface area (Å²) in [6.07, 6.45) is 2.12. The minimum atomic E-state index is -3.69. The average Bonchev–Trinajstić information content (AvgIpc) is 3.08. The number of rotatable bonds is 5. The molecular formula is C20H23N3O3S. The van der Waals surface area contributed by atoms with E-state index in [-0.39, 0.29) is 9.92 Å². The van der Waals surface area contributed by atoms with Crippen molar-refractivity contribution < 1.29 is 13.2 Å². The zero-order valence-corrected chi connectivity index (χ0v) is 16.1. The summed E-state index contributed by atoms with van der Waals surface area (Å²) in [4.78, 5) is 0.259. The normalized spacial score (nSPS) is 15.9. The predicted octanol–water partition coefficient (Wildman–Crippen LogP) is 2.88. The Morgan fingerprint density at radius 2 is 1.89 bits per heavy atom. The van der Waals surface area contributed by atoms with Crippen molar-refractivity contribution in [1.29, 1.82) is 0 Å². The molecule has 2 heterocycles. The van der Waals surface area contributed by atoms with Crippen molar-refractivity contribution in [3.8, 4) is 5.75 Å². The standard InChI is InChI=1S/C20H23N3O3S/c1-26-16-7-8-18-19(13-16)23(14-15-9-11-21-12-10-15)22-20(18)27(24,25)17-5-3-2-4-6-17/h2-8,13,15,21H,9-12,14H2,1H3. The molecule has 3 aromatic rings. The van der Waals surface area contributed by atoms with Crippen LogP contribution in [0.2, 0.25) is 0 Å². The number of aromatic nitrogens is 2. The van der Waals surface area contributed by atoms with Crippen LogP contribution in [0, 0.1) is 5.92 Å². The quantitative estimate of drug-likeness (QED) is 0.731. The van der Waals surface area contributed by atoms with Crippen LogP contribution in [-0.2, 0) is 16.4 Å². The van der Waals surface area contributed by atoms with Crippen LogP contribution in [0.5, 0.6) is 5.75 Å². The van der Waals surface area contributed by atoms with E-state index in [0.717, 1.165) is 31.4 Å². The maximum atomic E-state index is 13.2. The van der Waals surface area contributed by atoms with Gasteiger partial charge in [0.05, 0.1) is 17.5 Å². The first-order valence-corrected chi connectivity index (χ1v) is 10.6. The Hall–Kier alpha value is -2.38. The first-order chi connectivity index (χ1) is 13.1. The van der Waals surface area contributed by atoms with Crippen LogP contribution in [0.3, 0.4) is 0 Å². The smallest absolute Gasteiger partial charge is 0.226 e. The summed E-state index contributed by atoms with van der Waals surface area (Å²) in [5.41, 5.74) is 0.794. The Morgan fingerprint density at radius 1 is 1.15 bits per heavy atom. The number of benzene rings is 2. The van der Waals surface area contributed by atoms with Gasteiger partial charge in [-0.3, -0.25) is 4.68 Å². The molecule has 0 bridgehead atoms. The lowest BCUT2D eigenvalue weighted by molar-refractivity contribution is 0.323. The Morgan fingerprint density at radius 3 is 2.59 bits per heavy atom. The lowest BCUT2D eigenvalue weighted by atomic mass is 9.98. The maximum Gasteiger partial charge on any atom is 0.226 e. The molecule has 0 atom stereocenters. The zero-order valence-electron chi connectivity index (χ0n) is 15.3. The lowest BCUT2D eigenvalue weighted by Gasteiger charge is -2.22. The fourth-order valence-electron chi connectivity index (χ4n) is 3.61. The molecule has 6 nitrogen and oxygen atoms in total. The molecular weight excluding hydrogens is 362 g/mol. The van der Waals surface area contributed by atoms with Gasteiger partial charge in [-0.05, 0) is 56.1 Å². The second kappa shape index (κ2) is 7.32. The minimum absolute atomic E-state index is 0.111. The SMILES string of the molecule is COc1ccc2c(S(=O)(=O)c3ccccc3)nn(CC3CCNCC3)c2c1. The third kappa shape index (κ3) is 3.44. The van der Waals surface area contributed by atoms with E-state index in [2.05, 4.69) is 10.4 Å². The number of nitrogens with one attached hydrogen (secondary N) is 1. The highest BCUT2D eigenvalue weighted by molar-refractivity contribution is 7.91. The van der Waals surface area contributed by atoms with Crippen LogP contribution in [0.25, 0.3) is 10.9 Å². The highest BCUT2D eigenvalue weighted by atomic mass is 32.2. The van der Waals surface area contributed by atoms with Gasteiger partial charge in [-0.2, -0.15) is 5.10 Å². The van der Waals surface area contributed by atoms with Crippen molar-refractivity contribution in [3.05, 3.63) is 48.5 Å². The molecule has 1 fully saturated rings. The van der Waals surface area contributed by atoms with Gasteiger partial charge in [0.15, 0.2) is 5.03 Å². The molecule has 0 saturated carbocycles. The second-order valence-electron chi connectivity index (χ2n) is 6.88. The third-order valence-electron chi connectivity index (χ3n) is 5.12. The Labute approximate surface area is 159 Å². The Kier molecular flexibility index (Phi) is 4.88. The van der Waals surface area contributed by atoms with Crippen LogP contribution in [-0.4, -0.2) is 38.4 Å². The molecule has 2 aromatic carbocycles. The fraction of sp³-hybridized carbons (Fsp3) is 0.350. The van der Waals surface area contributed by atoms with Gasteiger partial charge in [0.25, 0.3) is 0 Å². The lowest BCUT2D eigenvalue weighted by Crippen LogP contribution is -2.30. The molecule has 0 unspecified atom stereocenters. The largest absolute Gasteiger partial charge is 0.497 e.